The number of unbranched alkanes of at least 4 members (excludes halogenated alkanes) is 1. The number of carbonyl (C=O) groups is 3. The van der Waals surface area contributed by atoms with Gasteiger partial charge in [0, 0.05) is 60.8 Å². The first-order chi connectivity index (χ1) is 32.0. The SMILES string of the molecule is CN1/C(=C/C=C(/C=C/C2=[N+](C)c3ccc(S(=O)(=O)O)cc3C2(C)CCCS(=O)(=O)O)c2ccc(CCCCC(=O)ON3C(=O)CCC3=O)cc2)C(C)(CCCS(=O)(=O)O)c2cc(S(=O)(=O)O)ccc21. The molecule has 6 rings (SSSR count). The Kier molecular flexibility index (Phi) is 15.5. The Balaban J connectivity index is 1.40. The summed E-state index contributed by atoms with van der Waals surface area (Å²) in [5.41, 5.74) is 3.40. The maximum absolute atomic E-state index is 12.3. The van der Waals surface area contributed by atoms with Gasteiger partial charge in [0.25, 0.3) is 52.3 Å². The maximum Gasteiger partial charge on any atom is 0.333 e. The van der Waals surface area contributed by atoms with Crippen LogP contribution in [-0.4, -0.2) is 111 Å². The first-order valence-electron chi connectivity index (χ1n) is 21.8. The van der Waals surface area contributed by atoms with Gasteiger partial charge in [-0.1, -0.05) is 30.3 Å². The summed E-state index contributed by atoms with van der Waals surface area (Å²) in [6.45, 7) is 3.59. The number of carbonyl (C=O) groups excluding carboxylic acids is 3. The Morgan fingerprint density at radius 3 is 1.86 bits per heavy atom. The van der Waals surface area contributed by atoms with Crippen molar-refractivity contribution in [2.75, 3.05) is 30.5 Å². The standard InChI is InChI=1S/C46H53N3O16S4/c1-45(25-7-27-66(53,54)55)36-29-34(68(59,60)61)17-19-38(36)47(3)40(45)21-15-33(32-13-11-31(12-14-32)9-5-6-10-44(52)65-49-42(50)23-24-43(49)51)16-22-41-46(2,26-8-28-67(56,57)58)37-30-35(69(62,63)64)18-20-39(37)48(41)4/h11-22,29-30H,5-10,23-28H2,1-4H3,(H3-,53,54,55,56,57,58,59,60,61,62,63,64)/p+1. The second-order valence-corrected chi connectivity index (χ2v) is 23.7. The van der Waals surface area contributed by atoms with E-state index in [2.05, 4.69) is 0 Å². The van der Waals surface area contributed by atoms with Crippen LogP contribution < -0.4 is 4.90 Å². The van der Waals surface area contributed by atoms with Crippen LogP contribution in [0.15, 0.2) is 100 Å². The van der Waals surface area contributed by atoms with E-state index in [4.69, 9.17) is 4.84 Å². The van der Waals surface area contributed by atoms with E-state index in [1.165, 1.54) is 36.4 Å². The molecule has 3 aromatic rings. The number of hydroxylamine groups is 2. The van der Waals surface area contributed by atoms with Gasteiger partial charge in [-0.2, -0.15) is 38.2 Å². The first-order valence-corrected chi connectivity index (χ1v) is 27.9. The molecule has 3 aliphatic heterocycles. The molecule has 3 aliphatic rings. The molecule has 0 spiro atoms. The Labute approximate surface area is 401 Å². The second-order valence-electron chi connectivity index (χ2n) is 17.7. The van der Waals surface area contributed by atoms with E-state index in [0.29, 0.717) is 69.4 Å². The van der Waals surface area contributed by atoms with Crippen molar-refractivity contribution >= 4 is 80.9 Å². The predicted molar refractivity (Wildman–Crippen MR) is 254 cm³/mol. The number of allylic oxidation sites excluding steroid dienone is 6. The van der Waals surface area contributed by atoms with Crippen LogP contribution in [0, 0.1) is 0 Å². The van der Waals surface area contributed by atoms with Gasteiger partial charge in [-0.15, -0.1) is 5.06 Å². The highest BCUT2D eigenvalue weighted by Gasteiger charge is 2.47. The van der Waals surface area contributed by atoms with Gasteiger partial charge in [-0.3, -0.25) is 27.8 Å². The summed E-state index contributed by atoms with van der Waals surface area (Å²) in [5.74, 6) is -2.97. The summed E-state index contributed by atoms with van der Waals surface area (Å²) in [6, 6.07) is 15.7. The Bertz CT molecular complexity index is 3150. The van der Waals surface area contributed by atoms with Gasteiger partial charge in [0.1, 0.15) is 7.05 Å². The van der Waals surface area contributed by atoms with Gasteiger partial charge in [0.2, 0.25) is 5.69 Å². The quantitative estimate of drug-likeness (QED) is 0.0344. The van der Waals surface area contributed by atoms with Gasteiger partial charge in [-0.25, -0.2) is 4.79 Å². The molecule has 3 aromatic carbocycles. The molecule has 0 radical (unpaired) electrons. The fraction of sp³-hybridized carbons (Fsp3) is 0.391. The molecule has 0 bridgehead atoms. The number of likely N-dealkylation sites (N-methyl/N-ethyl adjacent to an activating group) is 1. The number of anilines is 1. The normalized spacial score (nSPS) is 20.7. The van der Waals surface area contributed by atoms with Gasteiger partial charge in [-0.05, 0) is 124 Å². The monoisotopic (exact) mass is 1030 g/mol. The third-order valence-electron chi connectivity index (χ3n) is 12.9. The van der Waals surface area contributed by atoms with Crippen molar-refractivity contribution in [3.8, 4) is 0 Å². The van der Waals surface area contributed by atoms with Gasteiger partial charge < -0.3 is 9.74 Å². The molecule has 0 aliphatic carbocycles. The van der Waals surface area contributed by atoms with Crippen LogP contribution >= 0.6 is 0 Å². The van der Waals surface area contributed by atoms with Gasteiger partial charge >= 0.3 is 5.97 Å². The molecule has 2 atom stereocenters. The maximum atomic E-state index is 12.3. The molecule has 3 heterocycles. The van der Waals surface area contributed by atoms with E-state index >= 15 is 0 Å². The van der Waals surface area contributed by atoms with E-state index in [1.807, 2.05) is 33.7 Å². The number of benzene rings is 3. The minimum Gasteiger partial charge on any atom is -0.347 e. The van der Waals surface area contributed by atoms with E-state index in [9.17, 15) is 66.3 Å². The molecule has 2 amide bonds. The molecule has 372 valence electrons. The number of rotatable bonds is 20. The number of hydrogen-bond donors (Lipinski definition) is 4. The lowest BCUT2D eigenvalue weighted by Crippen LogP contribution is -2.31. The first kappa shape index (κ1) is 53.0. The Morgan fingerprint density at radius 1 is 0.739 bits per heavy atom. The molecule has 69 heavy (non-hydrogen) atoms. The Morgan fingerprint density at radius 2 is 1.29 bits per heavy atom. The smallest absolute Gasteiger partial charge is 0.333 e. The molecule has 4 N–H and O–H groups in total. The summed E-state index contributed by atoms with van der Waals surface area (Å²) >= 11 is 0. The third-order valence-corrected chi connectivity index (χ3v) is 16.2. The van der Waals surface area contributed by atoms with Crippen LogP contribution in [0.2, 0.25) is 0 Å². The molecule has 19 nitrogen and oxygen atoms in total. The predicted octanol–water partition coefficient (Wildman–Crippen LogP) is 5.75. The molecular formula is C46H54N3O16S4+. The number of nitrogens with zero attached hydrogens (tertiary/aromatic N) is 3. The summed E-state index contributed by atoms with van der Waals surface area (Å²) in [5, 5.41) is 0.510. The van der Waals surface area contributed by atoms with Crippen LogP contribution in [-0.2, 0) is 76.9 Å². The number of hydrogen-bond acceptors (Lipinski definition) is 13. The lowest BCUT2D eigenvalue weighted by molar-refractivity contribution is -0.401. The van der Waals surface area contributed by atoms with Crippen LogP contribution in [0.1, 0.15) is 93.9 Å². The van der Waals surface area contributed by atoms with Gasteiger partial charge in [0.05, 0.1) is 26.7 Å². The number of fused-ring (bicyclic) bond motifs is 2. The molecular weight excluding hydrogens is 979 g/mol. The van der Waals surface area contributed by atoms with E-state index < -0.39 is 80.6 Å². The van der Waals surface area contributed by atoms with Crippen molar-refractivity contribution in [2.45, 2.75) is 98.7 Å². The average Bonchev–Trinajstić information content (AvgIpc) is 3.76. The number of aryl methyl sites for hydroxylation is 1. The van der Waals surface area contributed by atoms with E-state index in [-0.39, 0.29) is 54.7 Å². The zero-order chi connectivity index (χ0) is 50.9. The van der Waals surface area contributed by atoms with E-state index in [0.717, 1.165) is 5.56 Å². The minimum atomic E-state index is -4.64. The molecule has 0 aromatic heterocycles. The lowest BCUT2D eigenvalue weighted by atomic mass is 9.75. The van der Waals surface area contributed by atoms with Crippen molar-refractivity contribution in [1.82, 2.24) is 5.06 Å². The highest BCUT2D eigenvalue weighted by Crippen LogP contribution is 2.51. The van der Waals surface area contributed by atoms with Crippen molar-refractivity contribution in [1.29, 1.82) is 0 Å². The summed E-state index contributed by atoms with van der Waals surface area (Å²) in [6.07, 6.45) is 8.86. The summed E-state index contributed by atoms with van der Waals surface area (Å²) in [4.78, 5) is 42.0. The molecule has 1 saturated heterocycles. The summed E-state index contributed by atoms with van der Waals surface area (Å²) in [7, 11) is -14.5. The van der Waals surface area contributed by atoms with E-state index in [1.54, 1.807) is 52.2 Å². The zero-order valence-corrected chi connectivity index (χ0v) is 41.5. The molecule has 23 heteroatoms. The molecule has 2 unspecified atom stereocenters. The number of amides is 2. The molecule has 1 fully saturated rings. The highest BCUT2D eigenvalue weighted by molar-refractivity contribution is 7.86. The van der Waals surface area contributed by atoms with Crippen molar-refractivity contribution in [2.24, 2.45) is 0 Å². The fourth-order valence-corrected chi connectivity index (χ4v) is 11.3. The van der Waals surface area contributed by atoms with Crippen molar-refractivity contribution in [3.63, 3.8) is 0 Å². The van der Waals surface area contributed by atoms with Crippen LogP contribution in [0.4, 0.5) is 11.4 Å². The van der Waals surface area contributed by atoms with Gasteiger partial charge in [0.15, 0.2) is 5.71 Å². The third kappa shape index (κ3) is 12.3. The van der Waals surface area contributed by atoms with Crippen molar-refractivity contribution < 1.29 is 75.7 Å². The summed E-state index contributed by atoms with van der Waals surface area (Å²) < 4.78 is 137. The highest BCUT2D eigenvalue weighted by atomic mass is 32.2. The van der Waals surface area contributed by atoms with Crippen molar-refractivity contribution in [3.05, 3.63) is 113 Å². The topological polar surface area (TPSA) is 287 Å². The minimum absolute atomic E-state index is 0.0126. The second kappa shape index (κ2) is 20.1. The lowest BCUT2D eigenvalue weighted by Gasteiger charge is -2.29. The van der Waals surface area contributed by atoms with Crippen LogP contribution in [0.5, 0.6) is 0 Å². The zero-order valence-electron chi connectivity index (χ0n) is 38.2. The number of imide groups is 1. The average molecular weight is 1030 g/mol. The molecule has 0 saturated carbocycles. The Hall–Kier alpha value is -5.40. The van der Waals surface area contributed by atoms with Crippen LogP contribution in [0.25, 0.3) is 5.57 Å². The largest absolute Gasteiger partial charge is 0.347 e. The van der Waals surface area contributed by atoms with Crippen LogP contribution in [0.3, 0.4) is 0 Å². The fourth-order valence-electron chi connectivity index (χ4n) is 9.28.